The molecule has 1 aromatic carbocycles. The highest BCUT2D eigenvalue weighted by molar-refractivity contribution is 9.10. The summed E-state index contributed by atoms with van der Waals surface area (Å²) in [6.07, 6.45) is 4.89. The molecule has 1 heterocycles. The van der Waals surface area contributed by atoms with E-state index in [-0.39, 0.29) is 0 Å². The summed E-state index contributed by atoms with van der Waals surface area (Å²) in [6, 6.07) is 13.4. The maximum atomic E-state index is 5.38. The van der Waals surface area contributed by atoms with Gasteiger partial charge in [-0.05, 0) is 49.6 Å². The van der Waals surface area contributed by atoms with Gasteiger partial charge in [-0.25, -0.2) is 0 Å². The molecule has 2 nitrogen and oxygen atoms in total. The van der Waals surface area contributed by atoms with Crippen LogP contribution in [0.15, 0.2) is 51.6 Å². The predicted octanol–water partition coefficient (Wildman–Crippen LogP) is 5.10. The zero-order chi connectivity index (χ0) is 14.4. The van der Waals surface area contributed by atoms with Crippen LogP contribution in [0, 0.1) is 0 Å². The zero-order valence-electron chi connectivity index (χ0n) is 12.1. The molecule has 0 spiro atoms. The molecule has 0 bridgehead atoms. The summed E-state index contributed by atoms with van der Waals surface area (Å²) in [7, 11) is 0. The average Bonchev–Trinajstić information content (AvgIpc) is 2.96. The summed E-state index contributed by atoms with van der Waals surface area (Å²) in [5.74, 6) is 1.06. The van der Waals surface area contributed by atoms with Crippen molar-refractivity contribution < 1.29 is 4.42 Å². The van der Waals surface area contributed by atoms with Crippen LogP contribution >= 0.6 is 15.9 Å². The summed E-state index contributed by atoms with van der Waals surface area (Å²) in [4.78, 5) is 0. The second-order valence-electron chi connectivity index (χ2n) is 5.20. The Morgan fingerprint density at radius 1 is 1.25 bits per heavy atom. The summed E-state index contributed by atoms with van der Waals surface area (Å²) < 4.78 is 6.52. The van der Waals surface area contributed by atoms with E-state index in [1.54, 1.807) is 6.26 Å². The topological polar surface area (TPSA) is 25.2 Å². The first-order valence-corrected chi connectivity index (χ1v) is 8.02. The van der Waals surface area contributed by atoms with Crippen LogP contribution in [-0.4, -0.2) is 6.04 Å². The van der Waals surface area contributed by atoms with E-state index < -0.39 is 0 Å². The highest BCUT2D eigenvalue weighted by Crippen LogP contribution is 2.21. The lowest BCUT2D eigenvalue weighted by atomic mass is 10.0. The van der Waals surface area contributed by atoms with Crippen LogP contribution in [0.4, 0.5) is 0 Å². The van der Waals surface area contributed by atoms with E-state index in [9.17, 15) is 0 Å². The Morgan fingerprint density at radius 3 is 2.75 bits per heavy atom. The van der Waals surface area contributed by atoms with Crippen molar-refractivity contribution in [1.82, 2.24) is 5.32 Å². The van der Waals surface area contributed by atoms with E-state index in [4.69, 9.17) is 4.42 Å². The number of rotatable bonds is 7. The summed E-state index contributed by atoms with van der Waals surface area (Å²) >= 11 is 3.54. The molecule has 0 saturated heterocycles. The molecule has 3 heteroatoms. The molecule has 0 aliphatic heterocycles. The van der Waals surface area contributed by atoms with Crippen molar-refractivity contribution >= 4 is 15.9 Å². The molecule has 0 saturated carbocycles. The Bertz CT molecular complexity index is 509. The molecule has 2 rings (SSSR count). The number of halogens is 1. The highest BCUT2D eigenvalue weighted by Gasteiger charge is 2.13. The van der Waals surface area contributed by atoms with Crippen LogP contribution in [-0.2, 0) is 6.42 Å². The Morgan fingerprint density at radius 2 is 2.10 bits per heavy atom. The maximum absolute atomic E-state index is 5.38. The minimum absolute atomic E-state index is 0.402. The van der Waals surface area contributed by atoms with Crippen LogP contribution in [0.2, 0.25) is 0 Å². The second-order valence-corrected chi connectivity index (χ2v) is 6.12. The maximum Gasteiger partial charge on any atom is 0.103 e. The van der Waals surface area contributed by atoms with Crippen molar-refractivity contribution in [2.75, 3.05) is 0 Å². The number of hydrogen-bond acceptors (Lipinski definition) is 2. The quantitative estimate of drug-likeness (QED) is 0.761. The van der Waals surface area contributed by atoms with E-state index in [0.29, 0.717) is 12.1 Å². The molecule has 0 aliphatic carbocycles. The van der Waals surface area contributed by atoms with E-state index in [1.165, 1.54) is 5.56 Å². The van der Waals surface area contributed by atoms with Crippen LogP contribution < -0.4 is 5.32 Å². The van der Waals surface area contributed by atoms with Crippen molar-refractivity contribution in [3.8, 4) is 0 Å². The number of hydrogen-bond donors (Lipinski definition) is 1. The minimum Gasteiger partial charge on any atom is -0.469 e. The predicted molar refractivity (Wildman–Crippen MR) is 86.8 cm³/mol. The first kappa shape index (κ1) is 15.3. The molecular weight excluding hydrogens is 314 g/mol. The first-order valence-electron chi connectivity index (χ1n) is 7.23. The molecule has 108 valence electrons. The van der Waals surface area contributed by atoms with E-state index in [0.717, 1.165) is 29.5 Å². The first-order chi connectivity index (χ1) is 9.69. The lowest BCUT2D eigenvalue weighted by molar-refractivity contribution is 0.411. The molecule has 1 N–H and O–H groups in total. The molecule has 0 radical (unpaired) electrons. The number of aryl methyl sites for hydroxylation is 1. The van der Waals surface area contributed by atoms with E-state index in [2.05, 4.69) is 59.4 Å². The lowest BCUT2D eigenvalue weighted by Crippen LogP contribution is -2.30. The van der Waals surface area contributed by atoms with Crippen LogP contribution in [0.3, 0.4) is 0 Å². The van der Waals surface area contributed by atoms with Gasteiger partial charge < -0.3 is 9.73 Å². The summed E-state index contributed by atoms with van der Waals surface area (Å²) in [5.41, 5.74) is 1.34. The molecule has 0 fully saturated rings. The van der Waals surface area contributed by atoms with Gasteiger partial charge in [-0.3, -0.25) is 0 Å². The van der Waals surface area contributed by atoms with Gasteiger partial charge in [0.25, 0.3) is 0 Å². The third-order valence-electron chi connectivity index (χ3n) is 3.55. The normalized spacial score (nSPS) is 14.2. The fourth-order valence-electron chi connectivity index (χ4n) is 2.41. The van der Waals surface area contributed by atoms with Gasteiger partial charge in [0, 0.05) is 23.0 Å². The van der Waals surface area contributed by atoms with Crippen molar-refractivity contribution in [2.45, 2.75) is 45.2 Å². The Balaban J connectivity index is 1.89. The second kappa shape index (κ2) is 7.65. The Kier molecular flexibility index (Phi) is 5.86. The van der Waals surface area contributed by atoms with E-state index >= 15 is 0 Å². The van der Waals surface area contributed by atoms with Gasteiger partial charge in [-0.1, -0.05) is 35.0 Å². The SMILES string of the molecule is CCC(NC(C)CCc1ccco1)c1cccc(Br)c1. The lowest BCUT2D eigenvalue weighted by Gasteiger charge is -2.22. The minimum atomic E-state index is 0.402. The molecular formula is C17H22BrNO. The molecule has 2 aromatic rings. The van der Waals surface area contributed by atoms with Crippen LogP contribution in [0.5, 0.6) is 0 Å². The summed E-state index contributed by atoms with van der Waals surface area (Å²) in [6.45, 7) is 4.46. The van der Waals surface area contributed by atoms with Gasteiger partial charge in [0.1, 0.15) is 5.76 Å². The fraction of sp³-hybridized carbons (Fsp3) is 0.412. The van der Waals surface area contributed by atoms with Crippen molar-refractivity contribution in [3.63, 3.8) is 0 Å². The molecule has 0 amide bonds. The van der Waals surface area contributed by atoms with Crippen LogP contribution in [0.25, 0.3) is 0 Å². The number of benzene rings is 1. The average molecular weight is 336 g/mol. The van der Waals surface area contributed by atoms with Gasteiger partial charge >= 0.3 is 0 Å². The molecule has 0 aliphatic rings. The van der Waals surface area contributed by atoms with Crippen molar-refractivity contribution in [2.24, 2.45) is 0 Å². The van der Waals surface area contributed by atoms with Gasteiger partial charge in [-0.2, -0.15) is 0 Å². The van der Waals surface area contributed by atoms with Gasteiger partial charge in [0.15, 0.2) is 0 Å². The molecule has 1 aromatic heterocycles. The monoisotopic (exact) mass is 335 g/mol. The van der Waals surface area contributed by atoms with Gasteiger partial charge in [-0.15, -0.1) is 0 Å². The number of nitrogens with one attached hydrogen (secondary N) is 1. The third kappa shape index (κ3) is 4.50. The van der Waals surface area contributed by atoms with Gasteiger partial charge in [0.2, 0.25) is 0 Å². The zero-order valence-corrected chi connectivity index (χ0v) is 13.7. The Hall–Kier alpha value is -1.06. The van der Waals surface area contributed by atoms with Crippen molar-refractivity contribution in [1.29, 1.82) is 0 Å². The van der Waals surface area contributed by atoms with E-state index in [1.807, 2.05) is 12.1 Å². The number of furan rings is 1. The molecule has 2 unspecified atom stereocenters. The third-order valence-corrected chi connectivity index (χ3v) is 4.04. The Labute approximate surface area is 129 Å². The summed E-state index contributed by atoms with van der Waals surface area (Å²) in [5, 5.41) is 3.71. The smallest absolute Gasteiger partial charge is 0.103 e. The standard InChI is InChI=1S/C17H22BrNO/c1-3-17(14-6-4-7-15(18)12-14)19-13(2)9-10-16-8-5-11-20-16/h4-8,11-13,17,19H,3,9-10H2,1-2H3. The van der Waals surface area contributed by atoms with Crippen molar-refractivity contribution in [3.05, 3.63) is 58.5 Å². The van der Waals surface area contributed by atoms with Gasteiger partial charge in [0.05, 0.1) is 6.26 Å². The largest absolute Gasteiger partial charge is 0.469 e. The molecule has 2 atom stereocenters. The molecule has 20 heavy (non-hydrogen) atoms. The van der Waals surface area contributed by atoms with Crippen LogP contribution in [0.1, 0.15) is 44.1 Å². The highest BCUT2D eigenvalue weighted by atomic mass is 79.9. The fourth-order valence-corrected chi connectivity index (χ4v) is 2.83.